The Bertz CT molecular complexity index is 1080. The normalized spacial score (nSPS) is 39.9. The van der Waals surface area contributed by atoms with Crippen LogP contribution in [0.25, 0.3) is 6.08 Å². The maximum atomic E-state index is 12.7. The Kier molecular flexibility index (Phi) is 8.73. The van der Waals surface area contributed by atoms with Crippen LogP contribution in [0.1, 0.15) is 12.5 Å². The maximum Gasteiger partial charge on any atom is 0.337 e. The predicted molar refractivity (Wildman–Crippen MR) is 129 cm³/mol. The number of benzene rings is 1. The first-order valence-corrected chi connectivity index (χ1v) is 12.2. The molecular formula is C26H32O13. The van der Waals surface area contributed by atoms with E-state index in [4.69, 9.17) is 23.7 Å². The summed E-state index contributed by atoms with van der Waals surface area (Å²) >= 11 is 0. The third kappa shape index (κ3) is 5.58. The van der Waals surface area contributed by atoms with Gasteiger partial charge in [0.1, 0.15) is 42.2 Å². The summed E-state index contributed by atoms with van der Waals surface area (Å²) in [5, 5.41) is 62.4. The molecule has 2 heterocycles. The Hall–Kier alpha value is -2.88. The summed E-state index contributed by atoms with van der Waals surface area (Å²) in [5.74, 6) is -4.21. The van der Waals surface area contributed by atoms with E-state index < -0.39 is 85.2 Å². The van der Waals surface area contributed by atoms with Gasteiger partial charge in [0.2, 0.25) is 6.29 Å². The van der Waals surface area contributed by atoms with E-state index >= 15 is 0 Å². The highest BCUT2D eigenvalue weighted by Gasteiger charge is 2.66. The molecule has 0 spiro atoms. The highest BCUT2D eigenvalue weighted by Crippen LogP contribution is 2.51. The first kappa shape index (κ1) is 29.1. The number of methoxy groups -OCH3 is 1. The molecule has 4 rings (SSSR count). The van der Waals surface area contributed by atoms with Crippen molar-refractivity contribution in [2.24, 2.45) is 11.8 Å². The Balaban J connectivity index is 1.62. The van der Waals surface area contributed by atoms with Gasteiger partial charge in [-0.15, -0.1) is 0 Å². The zero-order valence-electron chi connectivity index (χ0n) is 21.1. The van der Waals surface area contributed by atoms with Gasteiger partial charge in [-0.3, -0.25) is 0 Å². The van der Waals surface area contributed by atoms with Crippen molar-refractivity contribution < 1.29 is 63.9 Å². The molecule has 3 aliphatic rings. The number of ether oxygens (including phenoxy) is 5. The molecule has 1 saturated carbocycles. The van der Waals surface area contributed by atoms with E-state index in [1.165, 1.54) is 13.0 Å². The molecule has 1 saturated heterocycles. The molecule has 1 aromatic carbocycles. The first-order valence-electron chi connectivity index (χ1n) is 12.2. The van der Waals surface area contributed by atoms with E-state index in [9.17, 15) is 40.2 Å². The second kappa shape index (κ2) is 11.7. The molecule has 1 aliphatic carbocycles. The Morgan fingerprint density at radius 3 is 2.38 bits per heavy atom. The lowest BCUT2D eigenvalue weighted by molar-refractivity contribution is -0.347. The number of hydrogen-bond donors (Lipinski definition) is 6. The van der Waals surface area contributed by atoms with Crippen LogP contribution in [0.4, 0.5) is 0 Å². The standard InChI is InChI=1S/C26H32O13/c1-26(34)17-16(21(22(26)32)38-15(28)9-8-12-6-4-3-5-7-12)13(23(33)35-2)11-36-24(17)39-25-20(31)19(30)18(29)14(10-27)37-25/h3-9,11,14,16-22,24-25,27,29-32,34H,10H2,1-2H3/b9-8+/t14-,16?,17?,18-,19+,20-,21?,22?,24?,25+,26?/m1/s1. The summed E-state index contributed by atoms with van der Waals surface area (Å²) in [6.45, 7) is 0.524. The number of carbonyl (C=O) groups excluding carboxylic acids is 2. The second-order valence-electron chi connectivity index (χ2n) is 9.77. The van der Waals surface area contributed by atoms with Crippen LogP contribution in [0, 0.1) is 11.8 Å². The number of aliphatic hydroxyl groups excluding tert-OH is 5. The third-order valence-electron chi connectivity index (χ3n) is 7.31. The molecule has 1 aromatic rings. The molecular weight excluding hydrogens is 520 g/mol. The van der Waals surface area contributed by atoms with E-state index in [1.54, 1.807) is 30.3 Å². The molecule has 0 radical (unpaired) electrons. The number of carbonyl (C=O) groups is 2. The van der Waals surface area contributed by atoms with Crippen molar-refractivity contribution in [2.75, 3.05) is 13.7 Å². The van der Waals surface area contributed by atoms with Crippen LogP contribution in [-0.4, -0.2) is 111 Å². The molecule has 214 valence electrons. The summed E-state index contributed by atoms with van der Waals surface area (Å²) in [5.41, 5.74) is -1.52. The zero-order valence-corrected chi connectivity index (χ0v) is 21.1. The van der Waals surface area contributed by atoms with E-state index in [2.05, 4.69) is 0 Å². The first-order chi connectivity index (χ1) is 18.5. The van der Waals surface area contributed by atoms with E-state index in [0.29, 0.717) is 5.56 Å². The van der Waals surface area contributed by atoms with Crippen LogP contribution in [0.3, 0.4) is 0 Å². The quantitative estimate of drug-likeness (QED) is 0.164. The van der Waals surface area contributed by atoms with Crippen LogP contribution in [0.15, 0.2) is 48.2 Å². The summed E-state index contributed by atoms with van der Waals surface area (Å²) in [6.07, 6.45) is -9.21. The molecule has 0 aromatic heterocycles. The monoisotopic (exact) mass is 552 g/mol. The highest BCUT2D eigenvalue weighted by atomic mass is 16.8. The molecule has 0 bridgehead atoms. The lowest BCUT2D eigenvalue weighted by atomic mass is 9.80. The third-order valence-corrected chi connectivity index (χ3v) is 7.31. The minimum absolute atomic E-state index is 0.155. The van der Waals surface area contributed by atoms with Crippen LogP contribution >= 0.6 is 0 Å². The van der Waals surface area contributed by atoms with Crippen LogP contribution < -0.4 is 0 Å². The number of rotatable bonds is 7. The van der Waals surface area contributed by atoms with Gasteiger partial charge < -0.3 is 54.3 Å². The SMILES string of the molecule is COC(=O)C1=COC(O[C@@H]2O[C@H](CO)[C@@H](O)[C@H](O)[C@H]2O)C2C1C(OC(=O)/C=C/c1ccccc1)C(O)C2(C)O. The smallest absolute Gasteiger partial charge is 0.337 e. The maximum absolute atomic E-state index is 12.7. The van der Waals surface area contributed by atoms with Crippen LogP contribution in [0.5, 0.6) is 0 Å². The number of hydrogen-bond acceptors (Lipinski definition) is 13. The molecule has 11 atom stereocenters. The molecule has 13 heteroatoms. The van der Waals surface area contributed by atoms with Gasteiger partial charge in [-0.2, -0.15) is 0 Å². The van der Waals surface area contributed by atoms with E-state index in [0.717, 1.165) is 19.4 Å². The van der Waals surface area contributed by atoms with Crippen LogP contribution in [-0.2, 0) is 33.3 Å². The molecule has 2 fully saturated rings. The van der Waals surface area contributed by atoms with Crippen molar-refractivity contribution in [2.45, 2.75) is 61.7 Å². The van der Waals surface area contributed by atoms with Crippen molar-refractivity contribution in [3.8, 4) is 0 Å². The fraction of sp³-hybridized carbons (Fsp3) is 0.538. The summed E-state index contributed by atoms with van der Waals surface area (Å²) in [7, 11) is 1.11. The predicted octanol–water partition coefficient (Wildman–Crippen LogP) is -1.80. The van der Waals surface area contributed by atoms with Crippen molar-refractivity contribution in [1.29, 1.82) is 0 Å². The number of esters is 2. The summed E-state index contributed by atoms with van der Waals surface area (Å²) in [6, 6.07) is 8.87. The lowest BCUT2D eigenvalue weighted by Crippen LogP contribution is -2.61. The summed E-state index contributed by atoms with van der Waals surface area (Å²) < 4.78 is 27.0. The molecule has 2 aliphatic heterocycles. The fourth-order valence-corrected chi connectivity index (χ4v) is 5.18. The van der Waals surface area contributed by atoms with Gasteiger partial charge in [0.15, 0.2) is 6.29 Å². The minimum Gasteiger partial charge on any atom is -0.471 e. The fourth-order valence-electron chi connectivity index (χ4n) is 5.18. The largest absolute Gasteiger partial charge is 0.471 e. The average Bonchev–Trinajstić information content (AvgIpc) is 3.13. The van der Waals surface area contributed by atoms with Gasteiger partial charge >= 0.3 is 11.9 Å². The summed E-state index contributed by atoms with van der Waals surface area (Å²) in [4.78, 5) is 25.3. The van der Waals surface area contributed by atoms with E-state index in [1.807, 2.05) is 0 Å². The Labute approximate surface area is 223 Å². The average molecular weight is 553 g/mol. The minimum atomic E-state index is -2.08. The zero-order chi connectivity index (χ0) is 28.5. The van der Waals surface area contributed by atoms with Crippen molar-refractivity contribution >= 4 is 18.0 Å². The van der Waals surface area contributed by atoms with Gasteiger partial charge in [-0.25, -0.2) is 9.59 Å². The van der Waals surface area contributed by atoms with Gasteiger partial charge in [-0.1, -0.05) is 30.3 Å². The number of fused-ring (bicyclic) bond motifs is 1. The van der Waals surface area contributed by atoms with Gasteiger partial charge in [-0.05, 0) is 18.6 Å². The van der Waals surface area contributed by atoms with Gasteiger partial charge in [0.05, 0.1) is 31.5 Å². The molecule has 0 amide bonds. The topological polar surface area (TPSA) is 202 Å². The van der Waals surface area contributed by atoms with Crippen molar-refractivity contribution in [1.82, 2.24) is 0 Å². The second-order valence-corrected chi connectivity index (χ2v) is 9.77. The number of aliphatic hydroxyl groups is 6. The lowest BCUT2D eigenvalue weighted by Gasteiger charge is -2.44. The molecule has 6 unspecified atom stereocenters. The molecule has 13 nitrogen and oxygen atoms in total. The molecule has 39 heavy (non-hydrogen) atoms. The van der Waals surface area contributed by atoms with Crippen molar-refractivity contribution in [3.05, 3.63) is 53.8 Å². The van der Waals surface area contributed by atoms with Crippen molar-refractivity contribution in [3.63, 3.8) is 0 Å². The van der Waals surface area contributed by atoms with Crippen LogP contribution in [0.2, 0.25) is 0 Å². The Morgan fingerprint density at radius 2 is 1.74 bits per heavy atom. The van der Waals surface area contributed by atoms with Gasteiger partial charge in [0.25, 0.3) is 0 Å². The van der Waals surface area contributed by atoms with Gasteiger partial charge in [0, 0.05) is 12.0 Å². The Morgan fingerprint density at radius 1 is 1.05 bits per heavy atom. The molecule has 6 N–H and O–H groups in total. The van der Waals surface area contributed by atoms with E-state index in [-0.39, 0.29) is 5.57 Å². The highest BCUT2D eigenvalue weighted by molar-refractivity contribution is 5.90.